The molecule has 0 heterocycles. The number of halogens is 12. The number of alkyl halides is 12. The van der Waals surface area contributed by atoms with Crippen LogP contribution in [-0.2, 0) is 49.5 Å². The van der Waals surface area contributed by atoms with Crippen LogP contribution in [0.2, 0.25) is 0 Å². The Morgan fingerprint density at radius 2 is 0.485 bits per heavy atom. The first-order chi connectivity index (χ1) is 13.8. The second-order valence-electron chi connectivity index (χ2n) is 4.34. The summed E-state index contributed by atoms with van der Waals surface area (Å²) in [7, 11) is -31.9. The quantitative estimate of drug-likeness (QED) is 0.193. The molecule has 0 N–H and O–H groups in total. The van der Waals surface area contributed by atoms with Gasteiger partial charge >= 0.3 is 180 Å². The van der Waals surface area contributed by atoms with E-state index in [2.05, 4.69) is 9.04 Å². The van der Waals surface area contributed by atoms with E-state index in [1.165, 1.54) is 0 Å². The summed E-state index contributed by atoms with van der Waals surface area (Å²) in [4.78, 5) is 0. The Morgan fingerprint density at radius 3 is 0.576 bits per heavy atom. The van der Waals surface area contributed by atoms with Crippen LogP contribution in [0.3, 0.4) is 0 Å². The van der Waals surface area contributed by atoms with Gasteiger partial charge in [0.15, 0.2) is 0 Å². The van der Waals surface area contributed by atoms with Crippen molar-refractivity contribution >= 4 is 62.5 Å². The molecular formula is C4BiF12O12S4. The van der Waals surface area contributed by atoms with Gasteiger partial charge in [-0.1, -0.05) is 0 Å². The van der Waals surface area contributed by atoms with Gasteiger partial charge in [0.25, 0.3) is 0 Å². The Bertz CT molecular complexity index is 963. The van der Waals surface area contributed by atoms with Crippen molar-refractivity contribution in [2.75, 3.05) is 0 Å². The van der Waals surface area contributed by atoms with E-state index in [0.717, 1.165) is 0 Å². The van der Waals surface area contributed by atoms with Gasteiger partial charge in [-0.2, -0.15) is 0 Å². The van der Waals surface area contributed by atoms with Crippen LogP contribution in [0.25, 0.3) is 0 Å². The molecule has 0 aromatic carbocycles. The first-order valence-corrected chi connectivity index (χ1v) is 17.1. The van der Waals surface area contributed by atoms with Crippen molar-refractivity contribution in [2.24, 2.45) is 0 Å². The molecule has 201 valence electrons. The molecule has 0 aliphatic carbocycles. The summed E-state index contributed by atoms with van der Waals surface area (Å²) in [5.41, 5.74) is -28.4. The van der Waals surface area contributed by atoms with Gasteiger partial charge in [0.1, 0.15) is 0 Å². The molecule has 0 saturated carbocycles. The summed E-state index contributed by atoms with van der Waals surface area (Å²) in [5.74, 6) is 0. The van der Waals surface area contributed by atoms with E-state index >= 15 is 0 Å². The average molecular weight is 805 g/mol. The second-order valence-corrected chi connectivity index (χ2v) is 20.9. The Kier molecular flexibility index (Phi) is 8.88. The summed E-state index contributed by atoms with van der Waals surface area (Å²) in [6.07, 6.45) is 0. The van der Waals surface area contributed by atoms with Crippen molar-refractivity contribution < 1.29 is 95.4 Å². The normalized spacial score (nSPS) is 16.1. The molecule has 0 aliphatic rings. The van der Waals surface area contributed by atoms with Crippen LogP contribution in [0.5, 0.6) is 0 Å². The van der Waals surface area contributed by atoms with Crippen LogP contribution in [0.1, 0.15) is 0 Å². The van der Waals surface area contributed by atoms with Crippen molar-refractivity contribution in [3.63, 3.8) is 0 Å². The Labute approximate surface area is 179 Å². The minimum absolute atomic E-state index is 2.34. The van der Waals surface area contributed by atoms with E-state index in [1.54, 1.807) is 0 Å². The number of hydrogen-bond donors (Lipinski definition) is 0. The van der Waals surface area contributed by atoms with Gasteiger partial charge in [-0.25, -0.2) is 0 Å². The zero-order valence-electron chi connectivity index (χ0n) is 13.5. The fraction of sp³-hybridized carbons (Fsp3) is 1.00. The fourth-order valence-corrected chi connectivity index (χ4v) is 23.0. The van der Waals surface area contributed by atoms with E-state index in [-0.39, 0.29) is 0 Å². The summed E-state index contributed by atoms with van der Waals surface area (Å²) >= 11 is -10.1. The molecule has 0 aromatic heterocycles. The van der Waals surface area contributed by atoms with Crippen molar-refractivity contribution in [3.05, 3.63) is 0 Å². The van der Waals surface area contributed by atoms with Crippen molar-refractivity contribution in [1.82, 2.24) is 0 Å². The van der Waals surface area contributed by atoms with E-state index in [9.17, 15) is 86.4 Å². The predicted octanol–water partition coefficient (Wildman–Crippen LogP) is 0.887. The molecule has 0 spiro atoms. The molecule has 33 heavy (non-hydrogen) atoms. The molecule has 0 aromatic rings. The van der Waals surface area contributed by atoms with Crippen molar-refractivity contribution in [3.8, 4) is 0 Å². The summed E-state index contributed by atoms with van der Waals surface area (Å²) in [6, 6.07) is 0. The summed E-state index contributed by atoms with van der Waals surface area (Å²) in [6.45, 7) is 0. The van der Waals surface area contributed by atoms with Gasteiger partial charge in [0, 0.05) is 0 Å². The predicted molar refractivity (Wildman–Crippen MR) is 70.0 cm³/mol. The van der Waals surface area contributed by atoms with Crippen molar-refractivity contribution in [1.29, 1.82) is 0 Å². The van der Waals surface area contributed by atoms with Crippen LogP contribution >= 0.6 is 0 Å². The molecule has 0 fully saturated rings. The third-order valence-corrected chi connectivity index (χ3v) is 23.3. The molecule has 0 saturated heterocycles. The Balaban J connectivity index is 7.45. The number of rotatable bonds is 8. The summed E-state index contributed by atoms with van der Waals surface area (Å²) in [5, 5.41) is 0. The van der Waals surface area contributed by atoms with Gasteiger partial charge in [-0.15, -0.1) is 0 Å². The molecule has 29 heteroatoms. The Hall–Kier alpha value is -0.317. The minimum atomic E-state index is -10.1. The molecule has 0 bridgehead atoms. The average Bonchev–Trinajstić information content (AvgIpc) is 2.38. The van der Waals surface area contributed by atoms with E-state index in [0.29, 0.717) is 0 Å². The molecule has 0 atom stereocenters. The molecule has 0 amide bonds. The van der Waals surface area contributed by atoms with Crippen LogP contribution in [0.4, 0.5) is 52.7 Å². The van der Waals surface area contributed by atoms with Crippen LogP contribution in [-0.4, -0.2) is 77.7 Å². The van der Waals surface area contributed by atoms with Gasteiger partial charge in [0.2, 0.25) is 0 Å². The monoisotopic (exact) mass is 805 g/mol. The van der Waals surface area contributed by atoms with Crippen molar-refractivity contribution in [2.45, 2.75) is 22.0 Å². The van der Waals surface area contributed by atoms with Crippen LogP contribution < -0.4 is 0 Å². The van der Waals surface area contributed by atoms with E-state index < -0.39 is 84.5 Å². The van der Waals surface area contributed by atoms with Crippen LogP contribution in [0, 0.1) is 0 Å². The molecule has 1 radical (unpaired) electrons. The van der Waals surface area contributed by atoms with E-state index in [1.807, 2.05) is 0 Å². The first-order valence-electron chi connectivity index (χ1n) is 5.81. The topological polar surface area (TPSA) is 173 Å². The standard InChI is InChI=1S/4CHF3O3S.Bi/c4*2-1(3,4)8(5,6)7;/h4*(H,5,6,7);/q;;;;+4/p-4. The molecule has 0 unspecified atom stereocenters. The molecular weight excluding hydrogens is 805 g/mol. The zero-order valence-corrected chi connectivity index (χ0v) is 20.3. The fourth-order valence-electron chi connectivity index (χ4n) is 0.724. The maximum absolute atomic E-state index is 12.4. The maximum atomic E-state index is 12.4. The second kappa shape index (κ2) is 8.96. The van der Waals surface area contributed by atoms with Gasteiger partial charge in [0.05, 0.1) is 0 Å². The molecule has 0 rings (SSSR count). The van der Waals surface area contributed by atoms with Crippen LogP contribution in [0.15, 0.2) is 0 Å². The zero-order chi connectivity index (χ0) is 27.3. The van der Waals surface area contributed by atoms with Gasteiger partial charge < -0.3 is 0 Å². The number of hydrogen-bond acceptors (Lipinski definition) is 12. The van der Waals surface area contributed by atoms with E-state index in [4.69, 9.17) is 0 Å². The summed E-state index contributed by atoms with van der Waals surface area (Å²) < 4.78 is 246. The van der Waals surface area contributed by atoms with Gasteiger partial charge in [-0.3, -0.25) is 0 Å². The van der Waals surface area contributed by atoms with Gasteiger partial charge in [-0.05, 0) is 0 Å². The third kappa shape index (κ3) is 7.84. The molecule has 0 aliphatic heterocycles. The third-order valence-electron chi connectivity index (χ3n) is 1.89. The SMILES string of the molecule is O=S(=O)([O][Bi]([O]S(=O)(=O)C(F)(F)F)([O]S(=O)(=O)C(F)(F)F)[O]S(=O)(=O)C(F)(F)F)C(F)(F)F. The Morgan fingerprint density at radius 1 is 0.364 bits per heavy atom. The first kappa shape index (κ1) is 32.7. The molecule has 12 nitrogen and oxygen atoms in total.